The Morgan fingerprint density at radius 1 is 1.47 bits per heavy atom. The molecular formula is C12H19N3O2. The van der Waals surface area contributed by atoms with Gasteiger partial charge in [0.2, 0.25) is 0 Å². The largest absolute Gasteiger partial charge is 0.393 e. The molecule has 0 bridgehead atoms. The summed E-state index contributed by atoms with van der Waals surface area (Å²) in [7, 11) is 0. The van der Waals surface area contributed by atoms with Crippen LogP contribution in [0.5, 0.6) is 0 Å². The Balaban J connectivity index is 2.35. The molecule has 0 radical (unpaired) electrons. The van der Waals surface area contributed by atoms with Gasteiger partial charge in [0.25, 0.3) is 5.91 Å². The predicted molar refractivity (Wildman–Crippen MR) is 64.4 cm³/mol. The van der Waals surface area contributed by atoms with E-state index in [1.807, 2.05) is 20.8 Å². The summed E-state index contributed by atoms with van der Waals surface area (Å²) in [6.45, 7) is 6.31. The highest BCUT2D eigenvalue weighted by Gasteiger charge is 2.21. The zero-order valence-electron chi connectivity index (χ0n) is 10.5. The molecule has 94 valence electrons. The maximum atomic E-state index is 11.6. The van der Waals surface area contributed by atoms with E-state index in [-0.39, 0.29) is 17.0 Å². The van der Waals surface area contributed by atoms with Gasteiger partial charge in [0.15, 0.2) is 0 Å². The first kappa shape index (κ1) is 13.6. The van der Waals surface area contributed by atoms with Crippen molar-refractivity contribution in [3.05, 3.63) is 24.3 Å². The lowest BCUT2D eigenvalue weighted by Gasteiger charge is -2.25. The van der Waals surface area contributed by atoms with Crippen molar-refractivity contribution in [3.63, 3.8) is 0 Å². The van der Waals surface area contributed by atoms with Crippen molar-refractivity contribution in [2.24, 2.45) is 5.41 Å². The fourth-order valence-corrected chi connectivity index (χ4v) is 1.26. The van der Waals surface area contributed by atoms with E-state index in [0.29, 0.717) is 13.0 Å². The molecular weight excluding hydrogens is 218 g/mol. The second-order valence-electron chi connectivity index (χ2n) is 5.02. The molecule has 0 unspecified atom stereocenters. The van der Waals surface area contributed by atoms with Crippen molar-refractivity contribution >= 4 is 5.91 Å². The molecule has 0 aromatic carbocycles. The van der Waals surface area contributed by atoms with Crippen molar-refractivity contribution < 1.29 is 9.90 Å². The summed E-state index contributed by atoms with van der Waals surface area (Å²) in [5.74, 6) is -0.265. The molecule has 0 saturated carbocycles. The van der Waals surface area contributed by atoms with Crippen molar-refractivity contribution in [2.45, 2.75) is 33.3 Å². The molecule has 0 aliphatic rings. The second kappa shape index (κ2) is 5.72. The normalized spacial score (nSPS) is 13.2. The van der Waals surface area contributed by atoms with Crippen LogP contribution in [0.4, 0.5) is 0 Å². The van der Waals surface area contributed by atoms with Crippen LogP contribution < -0.4 is 5.32 Å². The number of nitrogens with one attached hydrogen (secondary N) is 1. The Kier molecular flexibility index (Phi) is 4.57. The Morgan fingerprint density at radius 2 is 2.18 bits per heavy atom. The Morgan fingerprint density at radius 3 is 2.71 bits per heavy atom. The van der Waals surface area contributed by atoms with Gasteiger partial charge in [0, 0.05) is 18.9 Å². The first-order chi connectivity index (χ1) is 7.91. The van der Waals surface area contributed by atoms with Crippen LogP contribution in [-0.4, -0.2) is 33.6 Å². The summed E-state index contributed by atoms with van der Waals surface area (Å²) in [6.07, 6.45) is 4.48. The highest BCUT2D eigenvalue weighted by Crippen LogP contribution is 2.20. The first-order valence-electron chi connectivity index (χ1n) is 5.63. The van der Waals surface area contributed by atoms with Gasteiger partial charge in [-0.3, -0.25) is 9.78 Å². The molecule has 1 aromatic rings. The summed E-state index contributed by atoms with van der Waals surface area (Å²) in [5, 5.41) is 12.5. The van der Waals surface area contributed by atoms with Gasteiger partial charge in [-0.25, -0.2) is 4.98 Å². The summed E-state index contributed by atoms with van der Waals surface area (Å²) >= 11 is 0. The van der Waals surface area contributed by atoms with Crippen molar-refractivity contribution in [3.8, 4) is 0 Å². The van der Waals surface area contributed by atoms with E-state index >= 15 is 0 Å². The SMILES string of the molecule is CC(C)(C)[C@H](O)CCNC(=O)c1cnccn1. The molecule has 1 rings (SSSR count). The van der Waals surface area contributed by atoms with Crippen molar-refractivity contribution in [1.29, 1.82) is 0 Å². The van der Waals surface area contributed by atoms with E-state index in [4.69, 9.17) is 0 Å². The quantitative estimate of drug-likeness (QED) is 0.819. The standard InChI is InChI=1S/C12H19N3O2/c1-12(2,3)10(16)4-5-15-11(17)9-8-13-6-7-14-9/h6-8,10,16H,4-5H2,1-3H3,(H,15,17)/t10-/m1/s1. The molecule has 0 aliphatic heterocycles. The van der Waals surface area contributed by atoms with Gasteiger partial charge < -0.3 is 10.4 Å². The van der Waals surface area contributed by atoms with E-state index in [1.54, 1.807) is 0 Å². The molecule has 2 N–H and O–H groups in total. The Labute approximate surface area is 101 Å². The summed E-state index contributed by atoms with van der Waals surface area (Å²) < 4.78 is 0. The zero-order valence-corrected chi connectivity index (χ0v) is 10.5. The third kappa shape index (κ3) is 4.48. The third-order valence-corrected chi connectivity index (χ3v) is 2.50. The van der Waals surface area contributed by atoms with Gasteiger partial charge in [-0.05, 0) is 11.8 Å². The number of nitrogens with zero attached hydrogens (tertiary/aromatic N) is 2. The lowest BCUT2D eigenvalue weighted by molar-refractivity contribution is 0.0550. The van der Waals surface area contributed by atoms with E-state index in [0.717, 1.165) is 0 Å². The van der Waals surface area contributed by atoms with Crippen LogP contribution in [0.2, 0.25) is 0 Å². The second-order valence-corrected chi connectivity index (χ2v) is 5.02. The number of aromatic nitrogens is 2. The average molecular weight is 237 g/mol. The molecule has 1 amide bonds. The van der Waals surface area contributed by atoms with E-state index in [1.165, 1.54) is 18.6 Å². The fraction of sp³-hybridized carbons (Fsp3) is 0.583. The van der Waals surface area contributed by atoms with Gasteiger partial charge in [0.1, 0.15) is 5.69 Å². The molecule has 5 heteroatoms. The molecule has 5 nitrogen and oxygen atoms in total. The summed E-state index contributed by atoms with van der Waals surface area (Å²) in [4.78, 5) is 19.3. The Bertz CT molecular complexity index is 360. The molecule has 0 fully saturated rings. The highest BCUT2D eigenvalue weighted by atomic mass is 16.3. The van der Waals surface area contributed by atoms with Crippen LogP contribution in [0.1, 0.15) is 37.7 Å². The van der Waals surface area contributed by atoms with Gasteiger partial charge in [-0.2, -0.15) is 0 Å². The smallest absolute Gasteiger partial charge is 0.271 e. The number of hydrogen-bond donors (Lipinski definition) is 2. The maximum absolute atomic E-state index is 11.6. The molecule has 1 aromatic heterocycles. The van der Waals surface area contributed by atoms with Crippen molar-refractivity contribution in [2.75, 3.05) is 6.54 Å². The molecule has 1 atom stereocenters. The third-order valence-electron chi connectivity index (χ3n) is 2.50. The number of aliphatic hydroxyl groups excluding tert-OH is 1. The lowest BCUT2D eigenvalue weighted by Crippen LogP contribution is -2.32. The van der Waals surface area contributed by atoms with Crippen molar-refractivity contribution in [1.82, 2.24) is 15.3 Å². The molecule has 0 aliphatic carbocycles. The number of aliphatic hydroxyl groups is 1. The van der Waals surface area contributed by atoms with Crippen LogP contribution in [0.15, 0.2) is 18.6 Å². The highest BCUT2D eigenvalue weighted by molar-refractivity contribution is 5.91. The molecule has 0 saturated heterocycles. The monoisotopic (exact) mass is 237 g/mol. The van der Waals surface area contributed by atoms with Crippen LogP contribution >= 0.6 is 0 Å². The van der Waals surface area contributed by atoms with Crippen LogP contribution in [0.3, 0.4) is 0 Å². The molecule has 17 heavy (non-hydrogen) atoms. The van der Waals surface area contributed by atoms with Gasteiger partial charge in [0.05, 0.1) is 12.3 Å². The lowest BCUT2D eigenvalue weighted by atomic mass is 9.87. The number of amides is 1. The Hall–Kier alpha value is -1.49. The van der Waals surface area contributed by atoms with Gasteiger partial charge in [-0.1, -0.05) is 20.8 Å². The number of hydrogen-bond acceptors (Lipinski definition) is 4. The van der Waals surface area contributed by atoms with Crippen LogP contribution in [-0.2, 0) is 0 Å². The van der Waals surface area contributed by atoms with Crippen LogP contribution in [0.25, 0.3) is 0 Å². The minimum absolute atomic E-state index is 0.169. The predicted octanol–water partition coefficient (Wildman–Crippen LogP) is 1.00. The number of rotatable bonds is 4. The van der Waals surface area contributed by atoms with Gasteiger partial charge >= 0.3 is 0 Å². The molecule has 1 heterocycles. The first-order valence-corrected chi connectivity index (χ1v) is 5.63. The average Bonchev–Trinajstić information content (AvgIpc) is 2.28. The fourth-order valence-electron chi connectivity index (χ4n) is 1.26. The number of carbonyl (C=O) groups excluding carboxylic acids is 1. The van der Waals surface area contributed by atoms with Crippen LogP contribution in [0, 0.1) is 5.41 Å². The summed E-state index contributed by atoms with van der Waals surface area (Å²) in [5.41, 5.74) is 0.120. The van der Waals surface area contributed by atoms with E-state index in [9.17, 15) is 9.90 Å². The topological polar surface area (TPSA) is 75.1 Å². The van der Waals surface area contributed by atoms with Gasteiger partial charge in [-0.15, -0.1) is 0 Å². The minimum Gasteiger partial charge on any atom is -0.393 e. The number of carbonyl (C=O) groups is 1. The maximum Gasteiger partial charge on any atom is 0.271 e. The molecule has 0 spiro atoms. The summed E-state index contributed by atoms with van der Waals surface area (Å²) in [6, 6.07) is 0. The van der Waals surface area contributed by atoms with E-state index in [2.05, 4.69) is 15.3 Å². The van der Waals surface area contributed by atoms with E-state index < -0.39 is 6.10 Å². The zero-order chi connectivity index (χ0) is 12.9. The minimum atomic E-state index is -0.440.